The van der Waals surface area contributed by atoms with Crippen molar-refractivity contribution >= 4 is 0 Å². The lowest BCUT2D eigenvalue weighted by Crippen LogP contribution is -2.24. The maximum Gasteiger partial charge on any atom is 0.128 e. The van der Waals surface area contributed by atoms with E-state index in [0.717, 1.165) is 12.2 Å². The molecule has 0 unspecified atom stereocenters. The summed E-state index contributed by atoms with van der Waals surface area (Å²) in [6.07, 6.45) is 1.75. The molecular weight excluding hydrogens is 229 g/mol. The van der Waals surface area contributed by atoms with E-state index in [0.29, 0.717) is 18.2 Å². The summed E-state index contributed by atoms with van der Waals surface area (Å²) in [4.78, 5) is 0. The van der Waals surface area contributed by atoms with Gasteiger partial charge >= 0.3 is 0 Å². The number of rotatable bonds is 5. The van der Waals surface area contributed by atoms with E-state index in [-0.39, 0.29) is 5.82 Å². The normalized spacial score (nSPS) is 11.1. The molecular formula is C14H18FN3. The smallest absolute Gasteiger partial charge is 0.128 e. The molecule has 0 aliphatic rings. The molecule has 4 heteroatoms. The van der Waals surface area contributed by atoms with Gasteiger partial charge in [0.05, 0.1) is 12.2 Å². The van der Waals surface area contributed by atoms with Crippen molar-refractivity contribution in [1.82, 2.24) is 15.1 Å². The molecule has 0 atom stereocenters. The van der Waals surface area contributed by atoms with Crippen molar-refractivity contribution in [2.24, 2.45) is 0 Å². The van der Waals surface area contributed by atoms with Crippen LogP contribution in [0.2, 0.25) is 0 Å². The van der Waals surface area contributed by atoms with Crippen molar-refractivity contribution in [1.29, 1.82) is 0 Å². The van der Waals surface area contributed by atoms with Gasteiger partial charge in [-0.15, -0.1) is 0 Å². The van der Waals surface area contributed by atoms with Crippen molar-refractivity contribution in [3.05, 3.63) is 53.6 Å². The van der Waals surface area contributed by atoms with E-state index in [1.807, 2.05) is 16.8 Å². The van der Waals surface area contributed by atoms with Crippen molar-refractivity contribution in [2.75, 3.05) is 0 Å². The molecule has 3 nitrogen and oxygen atoms in total. The molecule has 0 saturated heterocycles. The molecule has 0 aliphatic heterocycles. The zero-order chi connectivity index (χ0) is 13.0. The van der Waals surface area contributed by atoms with Crippen LogP contribution >= 0.6 is 0 Å². The Morgan fingerprint density at radius 1 is 1.28 bits per heavy atom. The zero-order valence-electron chi connectivity index (χ0n) is 10.7. The highest BCUT2D eigenvalue weighted by molar-refractivity contribution is 5.18. The van der Waals surface area contributed by atoms with E-state index in [1.165, 1.54) is 6.07 Å². The second-order valence-electron chi connectivity index (χ2n) is 4.61. The molecule has 0 spiro atoms. The average Bonchev–Trinajstić information content (AvgIpc) is 2.77. The fourth-order valence-corrected chi connectivity index (χ4v) is 1.75. The largest absolute Gasteiger partial charge is 0.309 e. The summed E-state index contributed by atoms with van der Waals surface area (Å²) in [6, 6.07) is 9.18. The van der Waals surface area contributed by atoms with Crippen LogP contribution in [0, 0.1) is 5.82 Å². The molecule has 0 saturated carbocycles. The molecule has 1 aromatic heterocycles. The van der Waals surface area contributed by atoms with Crippen LogP contribution in [-0.4, -0.2) is 15.8 Å². The lowest BCUT2D eigenvalue weighted by molar-refractivity contribution is 0.536. The summed E-state index contributed by atoms with van der Waals surface area (Å²) in [5, 5.41) is 7.57. The predicted molar refractivity (Wildman–Crippen MR) is 69.7 cm³/mol. The fraction of sp³-hybridized carbons (Fsp3) is 0.357. The van der Waals surface area contributed by atoms with Gasteiger partial charge in [-0.3, -0.25) is 4.68 Å². The molecule has 0 aliphatic carbocycles. The lowest BCUT2D eigenvalue weighted by Gasteiger charge is -2.11. The van der Waals surface area contributed by atoms with Crippen LogP contribution in [0.1, 0.15) is 25.1 Å². The summed E-state index contributed by atoms with van der Waals surface area (Å²) >= 11 is 0. The minimum absolute atomic E-state index is 0.184. The summed E-state index contributed by atoms with van der Waals surface area (Å²) in [5.74, 6) is -0.184. The van der Waals surface area contributed by atoms with E-state index in [1.54, 1.807) is 18.3 Å². The molecule has 1 aromatic carbocycles. The molecule has 18 heavy (non-hydrogen) atoms. The molecule has 0 radical (unpaired) electrons. The van der Waals surface area contributed by atoms with Gasteiger partial charge in [-0.25, -0.2) is 4.39 Å². The minimum Gasteiger partial charge on any atom is -0.309 e. The second kappa shape index (κ2) is 5.78. The van der Waals surface area contributed by atoms with Gasteiger partial charge in [0.25, 0.3) is 0 Å². The third kappa shape index (κ3) is 3.17. The van der Waals surface area contributed by atoms with Gasteiger partial charge in [-0.05, 0) is 12.1 Å². The SMILES string of the molecule is CC(C)NCc1ccnn1Cc1ccccc1F. The molecule has 0 fully saturated rings. The van der Waals surface area contributed by atoms with Gasteiger partial charge in [-0.2, -0.15) is 5.10 Å². The number of aromatic nitrogens is 2. The first kappa shape index (κ1) is 12.8. The van der Waals surface area contributed by atoms with Crippen molar-refractivity contribution in [3.63, 3.8) is 0 Å². The Kier molecular flexibility index (Phi) is 4.10. The van der Waals surface area contributed by atoms with Crippen LogP contribution in [0.5, 0.6) is 0 Å². The molecule has 0 amide bonds. The Bertz CT molecular complexity index is 505. The second-order valence-corrected chi connectivity index (χ2v) is 4.61. The summed E-state index contributed by atoms with van der Waals surface area (Å²) in [5.41, 5.74) is 1.72. The summed E-state index contributed by atoms with van der Waals surface area (Å²) in [7, 11) is 0. The summed E-state index contributed by atoms with van der Waals surface area (Å²) in [6.45, 7) is 5.40. The molecule has 1 N–H and O–H groups in total. The highest BCUT2D eigenvalue weighted by atomic mass is 19.1. The predicted octanol–water partition coefficient (Wildman–Crippen LogP) is 2.57. The first-order valence-electron chi connectivity index (χ1n) is 6.14. The highest BCUT2D eigenvalue weighted by Crippen LogP contribution is 2.10. The van der Waals surface area contributed by atoms with Crippen LogP contribution in [0.25, 0.3) is 0 Å². The number of nitrogens with one attached hydrogen (secondary N) is 1. The Balaban J connectivity index is 2.10. The summed E-state index contributed by atoms with van der Waals surface area (Å²) < 4.78 is 15.4. The van der Waals surface area contributed by atoms with Gasteiger partial charge in [0.15, 0.2) is 0 Å². The van der Waals surface area contributed by atoms with Crippen molar-refractivity contribution in [2.45, 2.75) is 33.0 Å². The van der Waals surface area contributed by atoms with Gasteiger partial charge in [0, 0.05) is 24.3 Å². The third-order valence-corrected chi connectivity index (χ3v) is 2.77. The Labute approximate surface area is 107 Å². The highest BCUT2D eigenvalue weighted by Gasteiger charge is 2.06. The number of benzene rings is 1. The number of halogens is 1. The first-order valence-corrected chi connectivity index (χ1v) is 6.14. The standard InChI is InChI=1S/C14H18FN3/c1-11(2)16-9-13-7-8-17-18(13)10-12-5-3-4-6-14(12)15/h3-8,11,16H,9-10H2,1-2H3. The number of hydrogen-bond donors (Lipinski definition) is 1. The van der Waals surface area contributed by atoms with E-state index < -0.39 is 0 Å². The van der Waals surface area contributed by atoms with E-state index in [4.69, 9.17) is 0 Å². The maximum absolute atomic E-state index is 13.6. The van der Waals surface area contributed by atoms with E-state index in [9.17, 15) is 4.39 Å². The number of hydrogen-bond acceptors (Lipinski definition) is 2. The first-order chi connectivity index (χ1) is 8.66. The van der Waals surface area contributed by atoms with E-state index in [2.05, 4.69) is 24.3 Å². The third-order valence-electron chi connectivity index (χ3n) is 2.77. The maximum atomic E-state index is 13.6. The van der Waals surface area contributed by atoms with Gasteiger partial charge in [-0.1, -0.05) is 32.0 Å². The quantitative estimate of drug-likeness (QED) is 0.880. The average molecular weight is 247 g/mol. The zero-order valence-corrected chi connectivity index (χ0v) is 10.7. The van der Waals surface area contributed by atoms with Crippen LogP contribution in [0.4, 0.5) is 4.39 Å². The minimum atomic E-state index is -0.184. The molecule has 96 valence electrons. The van der Waals surface area contributed by atoms with Gasteiger partial charge in [0.1, 0.15) is 5.82 Å². The van der Waals surface area contributed by atoms with Crippen LogP contribution in [0.15, 0.2) is 36.5 Å². The van der Waals surface area contributed by atoms with Crippen LogP contribution in [0.3, 0.4) is 0 Å². The van der Waals surface area contributed by atoms with E-state index >= 15 is 0 Å². The van der Waals surface area contributed by atoms with Gasteiger partial charge < -0.3 is 5.32 Å². The Morgan fingerprint density at radius 2 is 2.06 bits per heavy atom. The monoisotopic (exact) mass is 247 g/mol. The fourth-order valence-electron chi connectivity index (χ4n) is 1.75. The Hall–Kier alpha value is -1.68. The van der Waals surface area contributed by atoms with Crippen LogP contribution in [-0.2, 0) is 13.1 Å². The topological polar surface area (TPSA) is 29.9 Å². The van der Waals surface area contributed by atoms with Crippen LogP contribution < -0.4 is 5.32 Å². The van der Waals surface area contributed by atoms with Crippen molar-refractivity contribution < 1.29 is 4.39 Å². The number of nitrogens with zero attached hydrogens (tertiary/aromatic N) is 2. The Morgan fingerprint density at radius 3 is 2.78 bits per heavy atom. The van der Waals surface area contributed by atoms with Crippen molar-refractivity contribution in [3.8, 4) is 0 Å². The molecule has 0 bridgehead atoms. The molecule has 2 rings (SSSR count). The molecule has 2 aromatic rings. The van der Waals surface area contributed by atoms with Gasteiger partial charge in [0.2, 0.25) is 0 Å². The molecule has 1 heterocycles. The lowest BCUT2D eigenvalue weighted by atomic mass is 10.2.